The number of hydrogen-bond acceptors (Lipinski definition) is 4. The summed E-state index contributed by atoms with van der Waals surface area (Å²) >= 11 is 8.53. The zero-order valence-electron chi connectivity index (χ0n) is 10.0. The molecular weight excluding hydrogens is 350 g/mol. The third kappa shape index (κ3) is 3.88. The Balaban J connectivity index is 1.98. The van der Waals surface area contributed by atoms with Gasteiger partial charge in [-0.25, -0.2) is 14.3 Å². The van der Waals surface area contributed by atoms with E-state index in [0.29, 0.717) is 11.5 Å². The highest BCUT2D eigenvalue weighted by atomic mass is 79.9. The van der Waals surface area contributed by atoms with Crippen LogP contribution >= 0.6 is 28.1 Å². The van der Waals surface area contributed by atoms with Crippen LogP contribution in [0.4, 0.5) is 5.69 Å². The second kappa shape index (κ2) is 5.74. The molecule has 19 heavy (non-hydrogen) atoms. The van der Waals surface area contributed by atoms with Crippen molar-refractivity contribution in [3.8, 4) is 0 Å². The van der Waals surface area contributed by atoms with Crippen LogP contribution < -0.4 is 11.2 Å². The molecule has 1 saturated heterocycles. The van der Waals surface area contributed by atoms with Crippen LogP contribution in [0.3, 0.4) is 0 Å². The number of thiocarbonyl (C=S) groups is 1. The second-order valence-corrected chi connectivity index (χ2v) is 7.93. The molecule has 3 N–H and O–H groups in total. The maximum Gasteiger partial charge on any atom is 0.188 e. The zero-order valence-corrected chi connectivity index (χ0v) is 13.3. The predicted molar refractivity (Wildman–Crippen MR) is 83.4 cm³/mol. The Hall–Kier alpha value is -0.700. The first-order valence-electron chi connectivity index (χ1n) is 5.68. The summed E-state index contributed by atoms with van der Waals surface area (Å²) in [6.45, 7) is 0. The van der Waals surface area contributed by atoms with Gasteiger partial charge in [0.2, 0.25) is 0 Å². The summed E-state index contributed by atoms with van der Waals surface area (Å²) in [7, 11) is -2.97. The lowest BCUT2D eigenvalue weighted by atomic mass is 10.2. The topological polar surface area (TPSA) is 75.4 Å². The van der Waals surface area contributed by atoms with Gasteiger partial charge in [0.05, 0.1) is 17.5 Å². The summed E-state index contributed by atoms with van der Waals surface area (Å²) in [5, 5.41) is 4.65. The number of hydrogen-bond donors (Lipinski definition) is 2. The third-order valence-corrected chi connectivity index (χ3v) is 5.52. The number of benzene rings is 1. The monoisotopic (exact) mass is 363 g/mol. The normalized spacial score (nSPS) is 21.1. The lowest BCUT2D eigenvalue weighted by Gasteiger charge is -2.25. The summed E-state index contributed by atoms with van der Waals surface area (Å²) in [4.78, 5) is 0. The van der Waals surface area contributed by atoms with Crippen molar-refractivity contribution < 1.29 is 8.42 Å². The van der Waals surface area contributed by atoms with Crippen molar-refractivity contribution in [3.63, 3.8) is 0 Å². The quantitative estimate of drug-likeness (QED) is 0.471. The van der Waals surface area contributed by atoms with Crippen LogP contribution in [0, 0.1) is 0 Å². The van der Waals surface area contributed by atoms with E-state index in [-0.39, 0.29) is 17.5 Å². The minimum absolute atomic E-state index is 0.0612. The average Bonchev–Trinajstić information content (AvgIpc) is 2.71. The number of nitrogens with two attached hydrogens (primary N) is 1. The van der Waals surface area contributed by atoms with Crippen LogP contribution in [0.15, 0.2) is 28.7 Å². The lowest BCUT2D eigenvalue weighted by Crippen LogP contribution is -2.48. The fraction of sp³-hybridized carbons (Fsp3) is 0.364. The minimum atomic E-state index is -2.97. The number of nitrogens with zero attached hydrogens (tertiary/aromatic N) is 1. The maximum atomic E-state index is 11.4. The number of halogens is 1. The van der Waals surface area contributed by atoms with E-state index in [1.165, 1.54) is 5.01 Å². The molecule has 0 amide bonds. The number of rotatable bonds is 2. The highest BCUT2D eigenvalue weighted by molar-refractivity contribution is 9.10. The predicted octanol–water partition coefficient (Wildman–Crippen LogP) is 1.51. The summed E-state index contributed by atoms with van der Waals surface area (Å²) < 4.78 is 23.8. The largest absolute Gasteiger partial charge is 0.332 e. The molecule has 1 aliphatic heterocycles. The molecule has 1 aromatic rings. The molecule has 0 aromatic heterocycles. The van der Waals surface area contributed by atoms with Crippen molar-refractivity contribution in [2.75, 3.05) is 16.8 Å². The molecule has 2 rings (SSSR count). The molecule has 0 aliphatic carbocycles. The van der Waals surface area contributed by atoms with Crippen LogP contribution in [0.1, 0.15) is 6.42 Å². The standard InChI is InChI=1S/C11H14BrN3O2S2/c12-8-1-3-9(4-2-8)14-11(18)15(13)10-5-6-19(16,17)7-10/h1-4,10H,5-7,13H2,(H,14,18). The van der Waals surface area contributed by atoms with Gasteiger partial charge in [-0.3, -0.25) is 5.01 Å². The van der Waals surface area contributed by atoms with Crippen LogP contribution in [0.2, 0.25) is 0 Å². The van der Waals surface area contributed by atoms with Gasteiger partial charge in [0.15, 0.2) is 14.9 Å². The molecule has 0 radical (unpaired) electrons. The van der Waals surface area contributed by atoms with Gasteiger partial charge in [-0.05, 0) is 42.9 Å². The van der Waals surface area contributed by atoms with Gasteiger partial charge in [0.25, 0.3) is 0 Å². The fourth-order valence-electron chi connectivity index (χ4n) is 1.88. The molecule has 0 bridgehead atoms. The summed E-state index contributed by atoms with van der Waals surface area (Å²) in [5.74, 6) is 6.11. The van der Waals surface area contributed by atoms with Gasteiger partial charge in [0.1, 0.15) is 0 Å². The van der Waals surface area contributed by atoms with Crippen LogP contribution in [-0.4, -0.2) is 36.1 Å². The average molecular weight is 364 g/mol. The SMILES string of the molecule is NN(C(=S)Nc1ccc(Br)cc1)C1CCS(=O)(=O)C1. The van der Waals surface area contributed by atoms with E-state index in [1.54, 1.807) is 0 Å². The smallest absolute Gasteiger partial charge is 0.188 e. The summed E-state index contributed by atoms with van der Waals surface area (Å²) in [6, 6.07) is 7.23. The Labute approximate surface area is 126 Å². The number of nitrogens with one attached hydrogen (secondary N) is 1. The zero-order chi connectivity index (χ0) is 14.0. The number of anilines is 1. The molecule has 104 valence electrons. The van der Waals surface area contributed by atoms with E-state index in [0.717, 1.165) is 10.2 Å². The molecule has 5 nitrogen and oxygen atoms in total. The fourth-order valence-corrected chi connectivity index (χ4v) is 4.12. The van der Waals surface area contributed by atoms with Crippen LogP contribution in [-0.2, 0) is 9.84 Å². The molecule has 1 aromatic carbocycles. The Morgan fingerprint density at radius 2 is 2.05 bits per heavy atom. The third-order valence-electron chi connectivity index (χ3n) is 2.93. The Bertz CT molecular complexity index is 574. The second-order valence-electron chi connectivity index (χ2n) is 4.40. The van der Waals surface area contributed by atoms with Crippen molar-refractivity contribution in [1.82, 2.24) is 5.01 Å². The molecular formula is C11H14BrN3O2S2. The van der Waals surface area contributed by atoms with Crippen molar-refractivity contribution in [2.24, 2.45) is 5.84 Å². The van der Waals surface area contributed by atoms with E-state index < -0.39 is 9.84 Å². The molecule has 0 saturated carbocycles. The minimum Gasteiger partial charge on any atom is -0.332 e. The first-order valence-corrected chi connectivity index (χ1v) is 8.70. The highest BCUT2D eigenvalue weighted by Crippen LogP contribution is 2.18. The Morgan fingerprint density at radius 3 is 2.58 bits per heavy atom. The van der Waals surface area contributed by atoms with E-state index in [4.69, 9.17) is 18.1 Å². The van der Waals surface area contributed by atoms with Gasteiger partial charge in [-0.15, -0.1) is 0 Å². The van der Waals surface area contributed by atoms with E-state index in [1.807, 2.05) is 24.3 Å². The number of hydrazine groups is 1. The van der Waals surface area contributed by atoms with Crippen molar-refractivity contribution >= 4 is 48.8 Å². The van der Waals surface area contributed by atoms with E-state index >= 15 is 0 Å². The number of sulfone groups is 1. The van der Waals surface area contributed by atoms with E-state index in [9.17, 15) is 8.42 Å². The Morgan fingerprint density at radius 1 is 1.42 bits per heavy atom. The van der Waals surface area contributed by atoms with Gasteiger partial charge < -0.3 is 5.32 Å². The molecule has 1 fully saturated rings. The van der Waals surface area contributed by atoms with Crippen molar-refractivity contribution in [1.29, 1.82) is 0 Å². The van der Waals surface area contributed by atoms with Gasteiger partial charge >= 0.3 is 0 Å². The maximum absolute atomic E-state index is 11.4. The highest BCUT2D eigenvalue weighted by Gasteiger charge is 2.32. The lowest BCUT2D eigenvalue weighted by molar-refractivity contribution is 0.352. The molecule has 1 atom stereocenters. The van der Waals surface area contributed by atoms with Gasteiger partial charge in [-0.2, -0.15) is 0 Å². The summed E-state index contributed by atoms with van der Waals surface area (Å²) in [6.07, 6.45) is 0.515. The molecule has 1 aliphatic rings. The van der Waals surface area contributed by atoms with Crippen molar-refractivity contribution in [2.45, 2.75) is 12.5 Å². The first kappa shape index (κ1) is 14.7. The van der Waals surface area contributed by atoms with Crippen LogP contribution in [0.5, 0.6) is 0 Å². The van der Waals surface area contributed by atoms with Crippen molar-refractivity contribution in [3.05, 3.63) is 28.7 Å². The molecule has 0 spiro atoms. The molecule has 1 unspecified atom stereocenters. The van der Waals surface area contributed by atoms with Gasteiger partial charge in [-0.1, -0.05) is 15.9 Å². The molecule has 1 heterocycles. The molecule has 8 heteroatoms. The Kier molecular flexibility index (Phi) is 4.44. The summed E-state index contributed by atoms with van der Waals surface area (Å²) in [5.41, 5.74) is 0.810. The van der Waals surface area contributed by atoms with E-state index in [2.05, 4.69) is 21.2 Å². The first-order chi connectivity index (χ1) is 8.87. The van der Waals surface area contributed by atoms with Crippen LogP contribution in [0.25, 0.3) is 0 Å². The van der Waals surface area contributed by atoms with Gasteiger partial charge in [0, 0.05) is 10.2 Å².